The Morgan fingerprint density at radius 2 is 1.62 bits per heavy atom. The molecule has 5 nitrogen and oxygen atoms in total. The fourth-order valence-electron chi connectivity index (χ4n) is 2.06. The number of nitrogens with zero attached hydrogens (tertiary/aromatic N) is 1. The Hall–Kier alpha value is 0.0700. The molecule has 0 heterocycles. The summed E-state index contributed by atoms with van der Waals surface area (Å²) >= 11 is 0. The molecule has 2 unspecified atom stereocenters. The smallest absolute Gasteiger partial charge is 0.229 e. The molecule has 1 N–H and O–H groups in total. The Balaban J connectivity index is 5.31. The van der Waals surface area contributed by atoms with E-state index < -0.39 is 12.9 Å². The van der Waals surface area contributed by atoms with Gasteiger partial charge in [0.15, 0.2) is 0 Å². The van der Waals surface area contributed by atoms with Crippen LogP contribution in [0, 0.1) is 5.41 Å². The Morgan fingerprint density at radius 1 is 1.10 bits per heavy atom. The van der Waals surface area contributed by atoms with Crippen LogP contribution in [0.5, 0.6) is 0 Å². The van der Waals surface area contributed by atoms with Crippen molar-refractivity contribution in [2.45, 2.75) is 67.0 Å². The molecular formula is C15H34NO4P. The molecule has 2 atom stereocenters. The SMILES string of the molecule is CCOCP(=O)(CC(N(O)C(C)(C)C)C(C)(C)C)OCC. The Bertz CT molecular complexity index is 347. The quantitative estimate of drug-likeness (QED) is 0.536. The van der Waals surface area contributed by atoms with Gasteiger partial charge >= 0.3 is 0 Å². The zero-order valence-corrected chi connectivity index (χ0v) is 15.9. The number of rotatable bonds is 8. The molecule has 0 aromatic heterocycles. The van der Waals surface area contributed by atoms with E-state index >= 15 is 0 Å². The van der Waals surface area contributed by atoms with E-state index in [9.17, 15) is 9.77 Å². The molecule has 0 saturated carbocycles. The van der Waals surface area contributed by atoms with E-state index in [0.29, 0.717) is 13.2 Å². The maximum Gasteiger partial charge on any atom is 0.229 e. The normalized spacial score (nSPS) is 17.8. The highest BCUT2D eigenvalue weighted by molar-refractivity contribution is 7.58. The molecule has 0 amide bonds. The van der Waals surface area contributed by atoms with Gasteiger partial charge < -0.3 is 14.5 Å². The Labute approximate surface area is 130 Å². The van der Waals surface area contributed by atoms with E-state index in [-0.39, 0.29) is 24.0 Å². The summed E-state index contributed by atoms with van der Waals surface area (Å²) < 4.78 is 23.8. The van der Waals surface area contributed by atoms with Crippen molar-refractivity contribution in [1.82, 2.24) is 5.06 Å². The van der Waals surface area contributed by atoms with E-state index in [0.717, 1.165) is 0 Å². The summed E-state index contributed by atoms with van der Waals surface area (Å²) in [6, 6.07) is -0.282. The van der Waals surface area contributed by atoms with Crippen molar-refractivity contribution in [2.75, 3.05) is 25.7 Å². The topological polar surface area (TPSA) is 59.0 Å². The summed E-state index contributed by atoms with van der Waals surface area (Å²) in [5.41, 5.74) is -0.665. The monoisotopic (exact) mass is 323 g/mol. The average Bonchev–Trinajstić information content (AvgIpc) is 2.31. The van der Waals surface area contributed by atoms with Gasteiger partial charge in [-0.2, -0.15) is 5.06 Å². The third-order valence-electron chi connectivity index (χ3n) is 3.29. The first-order valence-corrected chi connectivity index (χ1v) is 9.65. The van der Waals surface area contributed by atoms with Gasteiger partial charge in [0.2, 0.25) is 7.37 Å². The van der Waals surface area contributed by atoms with Crippen LogP contribution in [0.1, 0.15) is 55.4 Å². The minimum absolute atomic E-state index is 0.0991. The number of hydrogen-bond donors (Lipinski definition) is 1. The van der Waals surface area contributed by atoms with E-state index in [1.54, 1.807) is 0 Å². The summed E-state index contributed by atoms with van der Waals surface area (Å²) in [4.78, 5) is 0. The van der Waals surface area contributed by atoms with Gasteiger partial charge in [0, 0.05) is 24.3 Å². The molecule has 0 aliphatic rings. The van der Waals surface area contributed by atoms with Crippen LogP contribution in [0.3, 0.4) is 0 Å². The number of hydroxylamine groups is 2. The largest absolute Gasteiger partial charge is 0.372 e. The predicted molar refractivity (Wildman–Crippen MR) is 87.2 cm³/mol. The average molecular weight is 323 g/mol. The molecule has 128 valence electrons. The molecular weight excluding hydrogens is 289 g/mol. The highest BCUT2D eigenvalue weighted by atomic mass is 31.2. The van der Waals surface area contributed by atoms with Gasteiger partial charge in [-0.3, -0.25) is 4.57 Å². The van der Waals surface area contributed by atoms with Gasteiger partial charge in [0.1, 0.15) is 6.35 Å². The Morgan fingerprint density at radius 3 is 1.95 bits per heavy atom. The molecule has 21 heavy (non-hydrogen) atoms. The van der Waals surface area contributed by atoms with Crippen molar-refractivity contribution in [3.8, 4) is 0 Å². The lowest BCUT2D eigenvalue weighted by Gasteiger charge is -2.44. The van der Waals surface area contributed by atoms with E-state index in [4.69, 9.17) is 9.26 Å². The summed E-state index contributed by atoms with van der Waals surface area (Å²) in [7, 11) is -2.94. The van der Waals surface area contributed by atoms with Crippen molar-refractivity contribution in [3.05, 3.63) is 0 Å². The van der Waals surface area contributed by atoms with Crippen LogP contribution in [0.15, 0.2) is 0 Å². The van der Waals surface area contributed by atoms with Crippen LogP contribution < -0.4 is 0 Å². The maximum atomic E-state index is 13.0. The van der Waals surface area contributed by atoms with Crippen LogP contribution in [0.25, 0.3) is 0 Å². The van der Waals surface area contributed by atoms with Gasteiger partial charge in [-0.25, -0.2) is 0 Å². The first-order valence-electron chi connectivity index (χ1n) is 7.66. The van der Waals surface area contributed by atoms with Crippen LogP contribution >= 0.6 is 7.37 Å². The molecule has 0 rings (SSSR count). The lowest BCUT2D eigenvalue weighted by molar-refractivity contribution is -0.203. The molecule has 0 fully saturated rings. The molecule has 0 aromatic rings. The molecule has 6 heteroatoms. The molecule has 0 bridgehead atoms. The lowest BCUT2D eigenvalue weighted by atomic mass is 9.86. The van der Waals surface area contributed by atoms with E-state index in [1.165, 1.54) is 5.06 Å². The molecule has 0 aromatic carbocycles. The van der Waals surface area contributed by atoms with E-state index in [1.807, 2.05) is 55.4 Å². The standard InChI is InChI=1S/C15H34NO4P/c1-9-19-12-21(18,20-10-2)11-13(14(3,4)5)16(17)15(6,7)8/h13,17H,9-12H2,1-8H3. The van der Waals surface area contributed by atoms with Gasteiger partial charge in [-0.05, 0) is 40.0 Å². The fraction of sp³-hybridized carbons (Fsp3) is 1.00. The number of ether oxygens (including phenoxy) is 1. The van der Waals surface area contributed by atoms with Crippen LogP contribution in [0.4, 0.5) is 0 Å². The van der Waals surface area contributed by atoms with E-state index in [2.05, 4.69) is 0 Å². The summed E-state index contributed by atoms with van der Waals surface area (Å²) in [5.74, 6) is 0. The summed E-state index contributed by atoms with van der Waals surface area (Å²) in [5, 5.41) is 11.9. The molecule has 0 radical (unpaired) electrons. The highest BCUT2D eigenvalue weighted by Gasteiger charge is 2.41. The van der Waals surface area contributed by atoms with Gasteiger partial charge in [0.05, 0.1) is 6.61 Å². The van der Waals surface area contributed by atoms with Gasteiger partial charge in [-0.15, -0.1) is 0 Å². The second-order valence-corrected chi connectivity index (χ2v) is 9.94. The van der Waals surface area contributed by atoms with Crippen molar-refractivity contribution in [3.63, 3.8) is 0 Å². The third-order valence-corrected chi connectivity index (χ3v) is 5.50. The van der Waals surface area contributed by atoms with Crippen LogP contribution in [0.2, 0.25) is 0 Å². The molecule has 0 saturated heterocycles. The maximum absolute atomic E-state index is 13.0. The third kappa shape index (κ3) is 7.25. The zero-order valence-electron chi connectivity index (χ0n) is 15.0. The summed E-state index contributed by atoms with van der Waals surface area (Å²) in [6.45, 7) is 16.5. The first kappa shape index (κ1) is 21.1. The first-order chi connectivity index (χ1) is 9.37. The lowest BCUT2D eigenvalue weighted by Crippen LogP contribution is -2.53. The van der Waals surface area contributed by atoms with Gasteiger partial charge in [-0.1, -0.05) is 20.8 Å². The van der Waals surface area contributed by atoms with Crippen molar-refractivity contribution in [2.24, 2.45) is 5.41 Å². The van der Waals surface area contributed by atoms with Crippen molar-refractivity contribution < 1.29 is 19.0 Å². The predicted octanol–water partition coefficient (Wildman–Crippen LogP) is 4.20. The zero-order chi connectivity index (χ0) is 16.9. The van der Waals surface area contributed by atoms with Crippen molar-refractivity contribution in [1.29, 1.82) is 0 Å². The highest BCUT2D eigenvalue weighted by Crippen LogP contribution is 2.50. The molecule has 0 spiro atoms. The van der Waals surface area contributed by atoms with Gasteiger partial charge in [0.25, 0.3) is 0 Å². The van der Waals surface area contributed by atoms with Crippen LogP contribution in [-0.2, 0) is 13.8 Å². The second kappa shape index (κ2) is 8.07. The minimum Gasteiger partial charge on any atom is -0.372 e. The molecule has 0 aliphatic carbocycles. The number of hydrogen-bond acceptors (Lipinski definition) is 5. The van der Waals surface area contributed by atoms with Crippen molar-refractivity contribution >= 4 is 7.37 Å². The minimum atomic E-state index is -2.94. The molecule has 0 aliphatic heterocycles. The summed E-state index contributed by atoms with van der Waals surface area (Å²) in [6.07, 6.45) is 0.375. The fourth-order valence-corrected chi connectivity index (χ4v) is 4.50. The van der Waals surface area contributed by atoms with Crippen LogP contribution in [-0.4, -0.2) is 47.6 Å². The Kier molecular flexibility index (Phi) is 8.10. The second-order valence-electron chi connectivity index (χ2n) is 7.43.